The molecule has 0 aromatic heterocycles. The van der Waals surface area contributed by atoms with Gasteiger partial charge in [0.1, 0.15) is 6.61 Å². The summed E-state index contributed by atoms with van der Waals surface area (Å²) in [7, 11) is 0. The standard InChI is InChI=1S/C19H19NO2.C3H4O/c1-2-19(21,16-6-4-3-5-7-16)17-8-10-18(11-9-17)20-12-14-22-15-13-20;1-2-3-4/h1,3-11,21H,12-15H2;1,4H,3H2. The van der Waals surface area contributed by atoms with Crippen LogP contribution in [0.25, 0.3) is 0 Å². The lowest BCUT2D eigenvalue weighted by atomic mass is 9.87. The van der Waals surface area contributed by atoms with Crippen molar-refractivity contribution in [1.29, 1.82) is 0 Å². The largest absolute Gasteiger partial charge is 0.384 e. The Balaban J connectivity index is 0.000000552. The van der Waals surface area contributed by atoms with Gasteiger partial charge in [0, 0.05) is 29.9 Å². The summed E-state index contributed by atoms with van der Waals surface area (Å²) in [5, 5.41) is 18.5. The Morgan fingerprint density at radius 1 is 0.962 bits per heavy atom. The Labute approximate surface area is 155 Å². The molecule has 1 fully saturated rings. The zero-order chi connectivity index (χ0) is 18.8. The molecule has 0 spiro atoms. The molecule has 1 unspecified atom stereocenters. The summed E-state index contributed by atoms with van der Waals surface area (Å²) in [5.74, 6) is 4.52. The number of aliphatic hydroxyl groups excluding tert-OH is 1. The molecule has 0 radical (unpaired) electrons. The van der Waals surface area contributed by atoms with E-state index in [1.807, 2.05) is 60.5 Å². The van der Waals surface area contributed by atoms with Crippen LogP contribution in [0.15, 0.2) is 54.6 Å². The molecule has 1 aliphatic rings. The summed E-state index contributed by atoms with van der Waals surface area (Å²) in [5.41, 5.74) is 1.14. The summed E-state index contributed by atoms with van der Waals surface area (Å²) >= 11 is 0. The number of benzene rings is 2. The fraction of sp³-hybridized carbons (Fsp3) is 0.273. The van der Waals surface area contributed by atoms with Crippen molar-refractivity contribution in [3.8, 4) is 24.7 Å². The first-order chi connectivity index (χ1) is 12.7. The van der Waals surface area contributed by atoms with Gasteiger partial charge in [0.05, 0.1) is 13.2 Å². The zero-order valence-electron chi connectivity index (χ0n) is 14.6. The van der Waals surface area contributed by atoms with E-state index in [1.165, 1.54) is 0 Å². The summed E-state index contributed by atoms with van der Waals surface area (Å²) in [4.78, 5) is 2.27. The highest BCUT2D eigenvalue weighted by atomic mass is 16.5. The monoisotopic (exact) mass is 349 g/mol. The maximum absolute atomic E-state index is 10.9. The minimum absolute atomic E-state index is 0.153. The molecule has 134 valence electrons. The highest BCUT2D eigenvalue weighted by Crippen LogP contribution is 2.30. The van der Waals surface area contributed by atoms with E-state index >= 15 is 0 Å². The molecule has 0 saturated carbocycles. The summed E-state index contributed by atoms with van der Waals surface area (Å²) in [6.07, 6.45) is 10.2. The molecule has 0 bridgehead atoms. The Morgan fingerprint density at radius 2 is 1.50 bits per heavy atom. The van der Waals surface area contributed by atoms with Gasteiger partial charge in [-0.2, -0.15) is 0 Å². The minimum atomic E-state index is -1.40. The molecule has 2 N–H and O–H groups in total. The second-order valence-electron chi connectivity index (χ2n) is 5.73. The Bertz CT molecular complexity index is 753. The van der Waals surface area contributed by atoms with Gasteiger partial charge in [-0.3, -0.25) is 0 Å². The van der Waals surface area contributed by atoms with E-state index < -0.39 is 5.60 Å². The van der Waals surface area contributed by atoms with Gasteiger partial charge in [-0.05, 0) is 12.1 Å². The molecule has 1 atom stereocenters. The zero-order valence-corrected chi connectivity index (χ0v) is 14.6. The van der Waals surface area contributed by atoms with Crippen molar-refractivity contribution in [2.75, 3.05) is 37.8 Å². The second kappa shape index (κ2) is 9.65. The van der Waals surface area contributed by atoms with Crippen LogP contribution in [0.1, 0.15) is 11.1 Å². The predicted molar refractivity (Wildman–Crippen MR) is 104 cm³/mol. The van der Waals surface area contributed by atoms with Gasteiger partial charge >= 0.3 is 0 Å². The van der Waals surface area contributed by atoms with Gasteiger partial charge in [0.15, 0.2) is 5.60 Å². The quantitative estimate of drug-likeness (QED) is 0.833. The molecule has 1 aliphatic heterocycles. The number of ether oxygens (including phenoxy) is 1. The number of aliphatic hydroxyl groups is 2. The average Bonchev–Trinajstić information content (AvgIpc) is 2.74. The molecular weight excluding hydrogens is 326 g/mol. The van der Waals surface area contributed by atoms with Gasteiger partial charge in [-0.15, -0.1) is 12.8 Å². The van der Waals surface area contributed by atoms with Crippen molar-refractivity contribution in [2.24, 2.45) is 0 Å². The maximum atomic E-state index is 10.9. The molecule has 4 heteroatoms. The fourth-order valence-corrected chi connectivity index (χ4v) is 2.75. The van der Waals surface area contributed by atoms with Crippen molar-refractivity contribution < 1.29 is 14.9 Å². The minimum Gasteiger partial charge on any atom is -0.384 e. The Hall–Kier alpha value is -2.76. The SMILES string of the molecule is C#CC(O)(c1ccccc1)c1ccc(N2CCOCC2)cc1.C#CCO. The van der Waals surface area contributed by atoms with Crippen molar-refractivity contribution in [1.82, 2.24) is 0 Å². The van der Waals surface area contributed by atoms with E-state index in [4.69, 9.17) is 16.3 Å². The second-order valence-corrected chi connectivity index (χ2v) is 5.73. The van der Waals surface area contributed by atoms with Crippen LogP contribution in [-0.2, 0) is 10.3 Å². The lowest BCUT2D eigenvalue weighted by Crippen LogP contribution is -2.36. The Morgan fingerprint density at radius 3 is 2.00 bits per heavy atom. The molecular formula is C22H23NO3. The van der Waals surface area contributed by atoms with E-state index in [0.29, 0.717) is 11.1 Å². The first-order valence-corrected chi connectivity index (χ1v) is 8.39. The van der Waals surface area contributed by atoms with E-state index in [-0.39, 0.29) is 6.61 Å². The van der Waals surface area contributed by atoms with Gasteiger partial charge in [-0.1, -0.05) is 54.3 Å². The lowest BCUT2D eigenvalue weighted by molar-refractivity contribution is 0.122. The van der Waals surface area contributed by atoms with Crippen molar-refractivity contribution in [3.05, 3.63) is 65.7 Å². The molecule has 1 saturated heterocycles. The van der Waals surface area contributed by atoms with E-state index in [2.05, 4.69) is 17.2 Å². The van der Waals surface area contributed by atoms with Crippen molar-refractivity contribution in [2.45, 2.75) is 5.60 Å². The molecule has 0 aliphatic carbocycles. The van der Waals surface area contributed by atoms with Crippen molar-refractivity contribution in [3.63, 3.8) is 0 Å². The molecule has 3 rings (SSSR count). The van der Waals surface area contributed by atoms with Crippen LogP contribution in [0, 0.1) is 24.7 Å². The molecule has 2 aromatic rings. The Kier molecular flexibility index (Phi) is 7.26. The number of rotatable bonds is 3. The van der Waals surface area contributed by atoms with Crippen LogP contribution in [0.5, 0.6) is 0 Å². The number of terminal acetylenes is 2. The topological polar surface area (TPSA) is 52.9 Å². The number of nitrogens with zero attached hydrogens (tertiary/aromatic N) is 1. The van der Waals surface area contributed by atoms with Gasteiger partial charge in [0.2, 0.25) is 0 Å². The van der Waals surface area contributed by atoms with Gasteiger partial charge < -0.3 is 19.8 Å². The molecule has 0 amide bonds. The third kappa shape index (κ3) is 4.65. The molecule has 26 heavy (non-hydrogen) atoms. The highest BCUT2D eigenvalue weighted by Gasteiger charge is 2.29. The predicted octanol–water partition coefficient (Wildman–Crippen LogP) is 2.00. The highest BCUT2D eigenvalue weighted by molar-refractivity contribution is 5.52. The number of hydrogen-bond acceptors (Lipinski definition) is 4. The van der Waals surface area contributed by atoms with Crippen LogP contribution in [-0.4, -0.2) is 43.1 Å². The number of anilines is 1. The first-order valence-electron chi connectivity index (χ1n) is 8.39. The van der Waals surface area contributed by atoms with E-state index in [0.717, 1.165) is 32.0 Å². The maximum Gasteiger partial charge on any atom is 0.176 e. The normalized spacial score (nSPS) is 15.6. The number of hydrogen-bond donors (Lipinski definition) is 2. The van der Waals surface area contributed by atoms with Crippen LogP contribution < -0.4 is 4.90 Å². The third-order valence-electron chi connectivity index (χ3n) is 4.15. The van der Waals surface area contributed by atoms with Crippen LogP contribution in [0.2, 0.25) is 0 Å². The van der Waals surface area contributed by atoms with Gasteiger partial charge in [0.25, 0.3) is 0 Å². The smallest absolute Gasteiger partial charge is 0.176 e. The van der Waals surface area contributed by atoms with Crippen LogP contribution >= 0.6 is 0 Å². The third-order valence-corrected chi connectivity index (χ3v) is 4.15. The summed E-state index contributed by atoms with van der Waals surface area (Å²) in [6.45, 7) is 3.12. The van der Waals surface area contributed by atoms with Crippen LogP contribution in [0.3, 0.4) is 0 Å². The molecule has 4 nitrogen and oxygen atoms in total. The lowest BCUT2D eigenvalue weighted by Gasteiger charge is -2.30. The molecule has 2 aromatic carbocycles. The summed E-state index contributed by atoms with van der Waals surface area (Å²) in [6, 6.07) is 17.2. The number of morpholine rings is 1. The molecule has 1 heterocycles. The van der Waals surface area contributed by atoms with Gasteiger partial charge in [-0.25, -0.2) is 0 Å². The van der Waals surface area contributed by atoms with E-state index in [9.17, 15) is 5.11 Å². The summed E-state index contributed by atoms with van der Waals surface area (Å²) < 4.78 is 5.37. The van der Waals surface area contributed by atoms with Crippen molar-refractivity contribution >= 4 is 5.69 Å². The average molecular weight is 349 g/mol. The fourth-order valence-electron chi connectivity index (χ4n) is 2.75. The van der Waals surface area contributed by atoms with E-state index in [1.54, 1.807) is 0 Å². The first kappa shape index (κ1) is 19.6. The van der Waals surface area contributed by atoms with Crippen LogP contribution in [0.4, 0.5) is 5.69 Å².